The number of amides is 8. The van der Waals surface area contributed by atoms with Gasteiger partial charge in [0, 0.05) is 118 Å². The van der Waals surface area contributed by atoms with Gasteiger partial charge in [-0.15, -0.1) is 0 Å². The van der Waals surface area contributed by atoms with Gasteiger partial charge in [-0.25, -0.2) is 0 Å². The molecule has 14 N–H and O–H groups in total. The van der Waals surface area contributed by atoms with E-state index >= 15 is 0 Å². The topological polar surface area (TPSA) is 343 Å². The summed E-state index contributed by atoms with van der Waals surface area (Å²) in [5.74, 6) is -3.41. The fourth-order valence-electron chi connectivity index (χ4n) is 7.44. The maximum atomic E-state index is 13.2. The van der Waals surface area contributed by atoms with Gasteiger partial charge in [-0.2, -0.15) is 0 Å². The third-order valence-electron chi connectivity index (χ3n) is 10.9. The van der Waals surface area contributed by atoms with Gasteiger partial charge < -0.3 is 45.0 Å². The molecule has 0 radical (unpaired) electrons. The van der Waals surface area contributed by atoms with E-state index in [-0.39, 0.29) is 77.3 Å². The molecule has 2 aliphatic heterocycles. The third-order valence-corrected chi connectivity index (χ3v) is 10.9. The van der Waals surface area contributed by atoms with Gasteiger partial charge >= 0.3 is 0 Å². The zero-order valence-electron chi connectivity index (χ0n) is 37.0. The number of primary amides is 6. The Kier molecular flexibility index (Phi) is 23.6. The van der Waals surface area contributed by atoms with Crippen molar-refractivity contribution in [1.82, 2.24) is 49.8 Å². The fourth-order valence-corrected chi connectivity index (χ4v) is 7.44. The molecule has 24 heteroatoms. The lowest BCUT2D eigenvalue weighted by Gasteiger charge is -2.33. The minimum Gasteiger partial charge on any atom is -0.369 e. The first-order chi connectivity index (χ1) is 30.4. The standard InChI is InChI=1S/C40H70N16O8/c41-33(57)23-49-5-9-51(25-35(43)59)13-17-55(18-14-52(10-6-49)26-36(44)60)29-39(63)47-21-31-1-2-32(4-3-31)22-48-40(64)30-56-19-15-53(27-37(45)61)11-7-50(24-34(42)58)8-12-54(16-20-56)28-38(46)62/h1-4H,5-30H2,(H2,41,57)(H2,42,58)(H2,43,59)(H2,44,60)(H2,45,61)(H2,46,62)(H,47,63)(H,48,64). The summed E-state index contributed by atoms with van der Waals surface area (Å²) in [7, 11) is 0. The first kappa shape index (κ1) is 53.0. The molecule has 0 saturated carbocycles. The summed E-state index contributed by atoms with van der Waals surface area (Å²) < 4.78 is 0. The van der Waals surface area contributed by atoms with Gasteiger partial charge in [-0.05, 0) is 11.1 Å². The normalized spacial score (nSPS) is 18.6. The molecule has 2 saturated heterocycles. The molecule has 24 nitrogen and oxygen atoms in total. The van der Waals surface area contributed by atoms with Crippen LogP contribution < -0.4 is 45.0 Å². The SMILES string of the molecule is NC(=O)CN1CCN(CC(N)=O)CCN(CC(=O)NCc2ccc(CNC(=O)CN3CCN(CC(N)=O)CCN(CC(N)=O)CCN(CC(N)=O)CC3)cc2)CCN(CC(N)=O)CC1. The molecule has 1 aromatic rings. The quantitative estimate of drug-likeness (QED) is 0.0603. The Bertz CT molecular complexity index is 1520. The van der Waals surface area contributed by atoms with Gasteiger partial charge in [0.05, 0.1) is 52.4 Å². The molecule has 2 heterocycles. The minimum atomic E-state index is -0.496. The van der Waals surface area contributed by atoms with E-state index < -0.39 is 35.4 Å². The van der Waals surface area contributed by atoms with Gasteiger partial charge in [0.2, 0.25) is 47.3 Å². The van der Waals surface area contributed by atoms with Crippen molar-refractivity contribution in [2.24, 2.45) is 34.4 Å². The monoisotopic (exact) mass is 903 g/mol. The van der Waals surface area contributed by atoms with Crippen LogP contribution in [0.15, 0.2) is 24.3 Å². The summed E-state index contributed by atoms with van der Waals surface area (Å²) in [5.41, 5.74) is 34.7. The van der Waals surface area contributed by atoms with E-state index in [1.807, 2.05) is 63.5 Å². The van der Waals surface area contributed by atoms with Crippen LogP contribution >= 0.6 is 0 Å². The summed E-state index contributed by atoms with van der Waals surface area (Å²) in [6.45, 7) is 7.63. The summed E-state index contributed by atoms with van der Waals surface area (Å²) in [6.07, 6.45) is 0. The highest BCUT2D eigenvalue weighted by atomic mass is 16.2. The smallest absolute Gasteiger partial charge is 0.234 e. The second-order valence-corrected chi connectivity index (χ2v) is 16.4. The van der Waals surface area contributed by atoms with Crippen LogP contribution in [0, 0.1) is 0 Å². The lowest BCUT2D eigenvalue weighted by atomic mass is 10.1. The number of rotatable bonds is 20. The molecule has 0 bridgehead atoms. The molecule has 64 heavy (non-hydrogen) atoms. The number of hydrogen-bond donors (Lipinski definition) is 8. The first-order valence-electron chi connectivity index (χ1n) is 21.5. The molecular weight excluding hydrogens is 833 g/mol. The minimum absolute atomic E-state index is 0.00919. The van der Waals surface area contributed by atoms with Crippen LogP contribution in [-0.2, 0) is 51.4 Å². The van der Waals surface area contributed by atoms with E-state index in [0.717, 1.165) is 11.1 Å². The number of nitrogens with two attached hydrogens (primary N) is 6. The van der Waals surface area contributed by atoms with Crippen LogP contribution in [0.2, 0.25) is 0 Å². The molecule has 2 fully saturated rings. The zero-order chi connectivity index (χ0) is 47.0. The Labute approximate surface area is 374 Å². The van der Waals surface area contributed by atoms with Gasteiger partial charge in [0.15, 0.2) is 0 Å². The molecule has 8 amide bonds. The largest absolute Gasteiger partial charge is 0.369 e. The first-order valence-corrected chi connectivity index (χ1v) is 21.5. The van der Waals surface area contributed by atoms with Crippen molar-refractivity contribution in [2.75, 3.05) is 157 Å². The second-order valence-electron chi connectivity index (χ2n) is 16.4. The predicted molar refractivity (Wildman–Crippen MR) is 237 cm³/mol. The van der Waals surface area contributed by atoms with Crippen LogP contribution in [0.4, 0.5) is 0 Å². The molecule has 2 aliphatic rings. The summed E-state index contributed by atoms with van der Waals surface area (Å²) in [5, 5.41) is 5.92. The summed E-state index contributed by atoms with van der Waals surface area (Å²) in [4.78, 5) is 112. The maximum Gasteiger partial charge on any atom is 0.234 e. The second kappa shape index (κ2) is 28.5. The van der Waals surface area contributed by atoms with Crippen LogP contribution in [0.3, 0.4) is 0 Å². The van der Waals surface area contributed by atoms with E-state index in [1.165, 1.54) is 0 Å². The van der Waals surface area contributed by atoms with Gasteiger partial charge in [0.25, 0.3) is 0 Å². The Morgan fingerprint density at radius 3 is 0.625 bits per heavy atom. The Balaban J connectivity index is 1.56. The highest BCUT2D eigenvalue weighted by molar-refractivity contribution is 5.79. The number of hydrogen-bond acceptors (Lipinski definition) is 16. The van der Waals surface area contributed by atoms with Crippen molar-refractivity contribution in [3.63, 3.8) is 0 Å². The average molecular weight is 903 g/mol. The maximum absolute atomic E-state index is 13.2. The Morgan fingerprint density at radius 1 is 0.312 bits per heavy atom. The van der Waals surface area contributed by atoms with Crippen molar-refractivity contribution >= 4 is 47.3 Å². The molecule has 3 rings (SSSR count). The van der Waals surface area contributed by atoms with E-state index in [9.17, 15) is 38.4 Å². The Hall–Kier alpha value is -5.34. The molecule has 0 aromatic heterocycles. The van der Waals surface area contributed by atoms with Crippen molar-refractivity contribution in [3.05, 3.63) is 35.4 Å². The number of carbonyl (C=O) groups excluding carboxylic acids is 8. The lowest BCUT2D eigenvalue weighted by Crippen LogP contribution is -2.50. The molecule has 0 unspecified atom stereocenters. The Morgan fingerprint density at radius 2 is 0.469 bits per heavy atom. The lowest BCUT2D eigenvalue weighted by molar-refractivity contribution is -0.123. The van der Waals surface area contributed by atoms with E-state index in [2.05, 4.69) is 10.6 Å². The number of carbonyl (C=O) groups is 8. The van der Waals surface area contributed by atoms with Crippen LogP contribution in [0.5, 0.6) is 0 Å². The highest BCUT2D eigenvalue weighted by Gasteiger charge is 2.22. The van der Waals surface area contributed by atoms with Gasteiger partial charge in [0.1, 0.15) is 0 Å². The van der Waals surface area contributed by atoms with E-state index in [0.29, 0.717) is 105 Å². The van der Waals surface area contributed by atoms with Crippen LogP contribution in [0.25, 0.3) is 0 Å². The molecular formula is C40H70N16O8. The number of benzene rings is 1. The average Bonchev–Trinajstić information content (AvgIpc) is 3.20. The number of nitrogens with zero attached hydrogens (tertiary/aromatic N) is 8. The van der Waals surface area contributed by atoms with Crippen molar-refractivity contribution in [1.29, 1.82) is 0 Å². The summed E-state index contributed by atoms with van der Waals surface area (Å²) >= 11 is 0. The predicted octanol–water partition coefficient (Wildman–Crippen LogP) is -7.73. The fraction of sp³-hybridized carbons (Fsp3) is 0.650. The zero-order valence-corrected chi connectivity index (χ0v) is 37.0. The van der Waals surface area contributed by atoms with Crippen LogP contribution in [-0.4, -0.2) is 244 Å². The summed E-state index contributed by atoms with van der Waals surface area (Å²) in [6, 6.07) is 7.46. The van der Waals surface area contributed by atoms with Crippen molar-refractivity contribution < 1.29 is 38.4 Å². The molecule has 0 spiro atoms. The van der Waals surface area contributed by atoms with E-state index in [1.54, 1.807) is 0 Å². The third kappa shape index (κ3) is 23.4. The van der Waals surface area contributed by atoms with Gasteiger partial charge in [-0.3, -0.25) is 77.6 Å². The number of nitrogens with one attached hydrogen (secondary N) is 2. The highest BCUT2D eigenvalue weighted by Crippen LogP contribution is 2.07. The molecule has 1 aromatic carbocycles. The van der Waals surface area contributed by atoms with Gasteiger partial charge in [-0.1, -0.05) is 24.3 Å². The van der Waals surface area contributed by atoms with Crippen molar-refractivity contribution in [2.45, 2.75) is 13.1 Å². The molecule has 358 valence electrons. The van der Waals surface area contributed by atoms with E-state index in [4.69, 9.17) is 34.4 Å². The molecule has 0 aliphatic carbocycles. The van der Waals surface area contributed by atoms with Crippen molar-refractivity contribution in [3.8, 4) is 0 Å². The van der Waals surface area contributed by atoms with Crippen LogP contribution in [0.1, 0.15) is 11.1 Å². The molecule has 0 atom stereocenters.